The molecule has 0 aliphatic carbocycles. The first-order valence-corrected chi connectivity index (χ1v) is 9.79. The molecule has 3 rings (SSSR count). The van der Waals surface area contributed by atoms with Gasteiger partial charge in [-0.15, -0.1) is 0 Å². The molecule has 1 atom stereocenters. The van der Waals surface area contributed by atoms with Crippen LogP contribution >= 0.6 is 0 Å². The second-order valence-electron chi connectivity index (χ2n) is 8.06. The Kier molecular flexibility index (Phi) is 6.06. The first-order valence-electron chi connectivity index (χ1n) is 9.79. The van der Waals surface area contributed by atoms with E-state index in [1.165, 1.54) is 0 Å². The lowest BCUT2D eigenvalue weighted by Crippen LogP contribution is -2.59. The molecule has 1 saturated heterocycles. The Hall–Kier alpha value is -2.37. The van der Waals surface area contributed by atoms with Gasteiger partial charge in [-0.3, -0.25) is 4.79 Å². The zero-order valence-electron chi connectivity index (χ0n) is 16.9. The summed E-state index contributed by atoms with van der Waals surface area (Å²) in [7, 11) is 1.63. The number of likely N-dealkylation sites (tertiary alicyclic amines) is 1. The predicted molar refractivity (Wildman–Crippen MR) is 110 cm³/mol. The molecule has 1 unspecified atom stereocenters. The fourth-order valence-electron chi connectivity index (χ4n) is 3.70. The van der Waals surface area contributed by atoms with Gasteiger partial charge in [0, 0.05) is 25.2 Å². The molecule has 150 valence electrons. The van der Waals surface area contributed by atoms with Crippen LogP contribution in [0.2, 0.25) is 0 Å². The second kappa shape index (κ2) is 8.33. The Morgan fingerprint density at radius 2 is 1.93 bits per heavy atom. The first-order chi connectivity index (χ1) is 13.3. The van der Waals surface area contributed by atoms with Gasteiger partial charge in [0.1, 0.15) is 5.75 Å². The van der Waals surface area contributed by atoms with Crippen molar-refractivity contribution in [3.05, 3.63) is 65.7 Å². The summed E-state index contributed by atoms with van der Waals surface area (Å²) in [5, 5.41) is 14.5. The van der Waals surface area contributed by atoms with E-state index in [0.29, 0.717) is 19.5 Å². The summed E-state index contributed by atoms with van der Waals surface area (Å²) in [6.45, 7) is 5.48. The monoisotopic (exact) mass is 382 g/mol. The highest BCUT2D eigenvalue weighted by molar-refractivity contribution is 5.86. The summed E-state index contributed by atoms with van der Waals surface area (Å²) in [6.07, 6.45) is 1.25. The van der Waals surface area contributed by atoms with Gasteiger partial charge in [0.15, 0.2) is 5.60 Å². The summed E-state index contributed by atoms with van der Waals surface area (Å²) in [4.78, 5) is 14.8. The van der Waals surface area contributed by atoms with Crippen molar-refractivity contribution >= 4 is 5.91 Å². The molecule has 1 aliphatic rings. The number of carbonyl (C=O) groups is 1. The van der Waals surface area contributed by atoms with Crippen molar-refractivity contribution in [3.8, 4) is 5.75 Å². The zero-order valence-corrected chi connectivity index (χ0v) is 16.9. The standard InChI is InChI=1S/C23H30N2O3/c1-22(2,19-10-5-4-6-11-19)24-17-23(27)13-8-14-25(21(23)26)16-18-9-7-12-20(15-18)28-3/h4-7,9-12,15,24,27H,8,13-14,16-17H2,1-3H3. The quantitative estimate of drug-likeness (QED) is 0.773. The lowest BCUT2D eigenvalue weighted by atomic mass is 9.88. The molecule has 0 aromatic heterocycles. The van der Waals surface area contributed by atoms with Gasteiger partial charge in [-0.1, -0.05) is 42.5 Å². The molecule has 1 aliphatic heterocycles. The number of hydrogen-bond donors (Lipinski definition) is 2. The van der Waals surface area contributed by atoms with Crippen molar-refractivity contribution in [1.29, 1.82) is 0 Å². The number of nitrogens with one attached hydrogen (secondary N) is 1. The van der Waals surface area contributed by atoms with Gasteiger partial charge in [0.25, 0.3) is 5.91 Å². The van der Waals surface area contributed by atoms with Crippen LogP contribution in [0.15, 0.2) is 54.6 Å². The third kappa shape index (κ3) is 4.54. The first kappa shape index (κ1) is 20.4. The van der Waals surface area contributed by atoms with E-state index < -0.39 is 5.60 Å². The van der Waals surface area contributed by atoms with Gasteiger partial charge in [-0.25, -0.2) is 0 Å². The predicted octanol–water partition coefficient (Wildman–Crippen LogP) is 3.07. The number of nitrogens with zero attached hydrogens (tertiary/aromatic N) is 1. The maximum absolute atomic E-state index is 13.1. The molecule has 0 radical (unpaired) electrons. The van der Waals surface area contributed by atoms with Gasteiger partial charge in [-0.05, 0) is 49.9 Å². The third-order valence-electron chi connectivity index (χ3n) is 5.53. The molecule has 1 amide bonds. The van der Waals surface area contributed by atoms with Crippen molar-refractivity contribution < 1.29 is 14.6 Å². The zero-order chi connectivity index (χ0) is 20.2. The molecule has 1 fully saturated rings. The van der Waals surface area contributed by atoms with E-state index in [9.17, 15) is 9.90 Å². The molecule has 0 spiro atoms. The van der Waals surface area contributed by atoms with E-state index in [1.54, 1.807) is 12.0 Å². The van der Waals surface area contributed by atoms with Crippen LogP contribution in [-0.4, -0.2) is 41.7 Å². The fraction of sp³-hybridized carbons (Fsp3) is 0.435. The Bertz CT molecular complexity index is 807. The number of carbonyl (C=O) groups excluding carboxylic acids is 1. The van der Waals surface area contributed by atoms with Gasteiger partial charge >= 0.3 is 0 Å². The van der Waals surface area contributed by atoms with Crippen molar-refractivity contribution in [1.82, 2.24) is 10.2 Å². The molecular weight excluding hydrogens is 352 g/mol. The van der Waals surface area contributed by atoms with E-state index in [4.69, 9.17) is 4.74 Å². The normalized spacial score (nSPS) is 20.3. The highest BCUT2D eigenvalue weighted by Gasteiger charge is 2.43. The maximum Gasteiger partial charge on any atom is 0.256 e. The van der Waals surface area contributed by atoms with Gasteiger partial charge in [-0.2, -0.15) is 0 Å². The SMILES string of the molecule is COc1cccc(CN2CCCC(O)(CNC(C)(C)c3ccccc3)C2=O)c1. The molecule has 2 N–H and O–H groups in total. The smallest absolute Gasteiger partial charge is 0.256 e. The molecule has 2 aromatic carbocycles. The van der Waals surface area contributed by atoms with E-state index >= 15 is 0 Å². The number of rotatable bonds is 7. The summed E-state index contributed by atoms with van der Waals surface area (Å²) < 4.78 is 5.27. The number of methoxy groups -OCH3 is 1. The van der Waals surface area contributed by atoms with Crippen LogP contribution in [0.5, 0.6) is 5.75 Å². The summed E-state index contributed by atoms with van der Waals surface area (Å²) in [6, 6.07) is 17.8. The average molecular weight is 383 g/mol. The number of ether oxygens (including phenoxy) is 1. The molecule has 0 bridgehead atoms. The average Bonchev–Trinajstić information content (AvgIpc) is 2.71. The highest BCUT2D eigenvalue weighted by Crippen LogP contribution is 2.27. The Labute approximate surface area is 167 Å². The maximum atomic E-state index is 13.1. The highest BCUT2D eigenvalue weighted by atomic mass is 16.5. The lowest BCUT2D eigenvalue weighted by Gasteiger charge is -2.40. The van der Waals surface area contributed by atoms with Gasteiger partial charge < -0.3 is 20.1 Å². The third-order valence-corrected chi connectivity index (χ3v) is 5.53. The second-order valence-corrected chi connectivity index (χ2v) is 8.06. The van der Waals surface area contributed by atoms with E-state index in [-0.39, 0.29) is 18.0 Å². The largest absolute Gasteiger partial charge is 0.497 e. The summed E-state index contributed by atoms with van der Waals surface area (Å²) in [5.41, 5.74) is 0.389. The van der Waals surface area contributed by atoms with Crippen molar-refractivity contribution in [2.75, 3.05) is 20.2 Å². The van der Waals surface area contributed by atoms with Gasteiger partial charge in [0.05, 0.1) is 7.11 Å². The molecular formula is C23H30N2O3. The van der Waals surface area contributed by atoms with Crippen molar-refractivity contribution in [2.45, 2.75) is 44.4 Å². The Balaban J connectivity index is 1.68. The molecule has 2 aromatic rings. The van der Waals surface area contributed by atoms with Crippen LogP contribution in [0.25, 0.3) is 0 Å². The fourth-order valence-corrected chi connectivity index (χ4v) is 3.70. The Morgan fingerprint density at radius 3 is 2.64 bits per heavy atom. The molecule has 5 nitrogen and oxygen atoms in total. The van der Waals surface area contributed by atoms with Crippen LogP contribution in [0.1, 0.15) is 37.8 Å². The topological polar surface area (TPSA) is 61.8 Å². The summed E-state index contributed by atoms with van der Waals surface area (Å²) >= 11 is 0. The minimum absolute atomic E-state index is 0.210. The molecule has 0 saturated carbocycles. The number of hydrogen-bond acceptors (Lipinski definition) is 4. The van der Waals surface area contributed by atoms with Crippen LogP contribution in [0.4, 0.5) is 0 Å². The van der Waals surface area contributed by atoms with E-state index in [0.717, 1.165) is 23.3 Å². The van der Waals surface area contributed by atoms with Crippen molar-refractivity contribution in [3.63, 3.8) is 0 Å². The minimum atomic E-state index is -1.39. The number of aliphatic hydroxyl groups is 1. The van der Waals surface area contributed by atoms with E-state index in [1.807, 2.05) is 42.5 Å². The minimum Gasteiger partial charge on any atom is -0.497 e. The van der Waals surface area contributed by atoms with Crippen LogP contribution < -0.4 is 10.1 Å². The molecule has 28 heavy (non-hydrogen) atoms. The number of piperidine rings is 1. The van der Waals surface area contributed by atoms with E-state index in [2.05, 4.69) is 31.3 Å². The van der Waals surface area contributed by atoms with Gasteiger partial charge in [0.2, 0.25) is 0 Å². The lowest BCUT2D eigenvalue weighted by molar-refractivity contribution is -0.157. The number of benzene rings is 2. The number of amides is 1. The van der Waals surface area contributed by atoms with Crippen LogP contribution in [0, 0.1) is 0 Å². The molecule has 1 heterocycles. The van der Waals surface area contributed by atoms with Crippen LogP contribution in [0.3, 0.4) is 0 Å². The van der Waals surface area contributed by atoms with Crippen molar-refractivity contribution in [2.24, 2.45) is 0 Å². The molecule has 5 heteroatoms. The Morgan fingerprint density at radius 1 is 1.18 bits per heavy atom. The van der Waals surface area contributed by atoms with Crippen LogP contribution in [-0.2, 0) is 16.9 Å². The summed E-state index contributed by atoms with van der Waals surface area (Å²) in [5.74, 6) is 0.557.